The van der Waals surface area contributed by atoms with E-state index in [4.69, 9.17) is 14.2 Å². The third kappa shape index (κ3) is 7.49. The maximum atomic E-state index is 12.2. The van der Waals surface area contributed by atoms with E-state index in [2.05, 4.69) is 5.32 Å². The molecule has 0 aliphatic carbocycles. The van der Waals surface area contributed by atoms with E-state index in [-0.39, 0.29) is 6.42 Å². The lowest BCUT2D eigenvalue weighted by Crippen LogP contribution is -2.45. The van der Waals surface area contributed by atoms with Crippen LogP contribution >= 0.6 is 0 Å². The van der Waals surface area contributed by atoms with Crippen molar-refractivity contribution in [3.8, 4) is 5.75 Å². The molecule has 1 atom stereocenters. The number of benzene rings is 2. The minimum atomic E-state index is -0.862. The molecule has 0 unspecified atom stereocenters. The standard InChI is InChI=1S/C23H29NO5/c1-16-11-12-18(14-20(16)28-15-17-9-7-6-8-10-17)13-19(21(25)27-5)24-22(26)29-23(2,3)4/h6-12,14,19H,13,15H2,1-5H3,(H,24,26)/t19-/m0/s1. The van der Waals surface area contributed by atoms with Gasteiger partial charge in [0.05, 0.1) is 7.11 Å². The van der Waals surface area contributed by atoms with E-state index in [0.29, 0.717) is 6.61 Å². The van der Waals surface area contributed by atoms with Gasteiger partial charge in [0.2, 0.25) is 0 Å². The lowest BCUT2D eigenvalue weighted by atomic mass is 10.0. The minimum absolute atomic E-state index is 0.258. The molecule has 0 fully saturated rings. The first-order chi connectivity index (χ1) is 13.7. The molecule has 6 nitrogen and oxygen atoms in total. The number of nitrogens with one attached hydrogen (secondary N) is 1. The van der Waals surface area contributed by atoms with Gasteiger partial charge in [-0.05, 0) is 50.5 Å². The highest BCUT2D eigenvalue weighted by Gasteiger charge is 2.25. The minimum Gasteiger partial charge on any atom is -0.489 e. The van der Waals surface area contributed by atoms with Gasteiger partial charge in [0.15, 0.2) is 0 Å². The summed E-state index contributed by atoms with van der Waals surface area (Å²) in [5, 5.41) is 2.59. The summed E-state index contributed by atoms with van der Waals surface area (Å²) >= 11 is 0. The van der Waals surface area contributed by atoms with Gasteiger partial charge >= 0.3 is 12.1 Å². The number of esters is 1. The van der Waals surface area contributed by atoms with Gasteiger partial charge in [-0.15, -0.1) is 0 Å². The number of methoxy groups -OCH3 is 1. The number of hydrogen-bond acceptors (Lipinski definition) is 5. The maximum Gasteiger partial charge on any atom is 0.408 e. The Morgan fingerprint density at radius 3 is 2.34 bits per heavy atom. The van der Waals surface area contributed by atoms with Gasteiger partial charge in [0.25, 0.3) is 0 Å². The van der Waals surface area contributed by atoms with Crippen molar-refractivity contribution in [2.75, 3.05) is 7.11 Å². The van der Waals surface area contributed by atoms with Gasteiger partial charge in [0.1, 0.15) is 24.0 Å². The Bertz CT molecular complexity index is 827. The SMILES string of the molecule is COC(=O)[C@H](Cc1ccc(C)c(OCc2ccccc2)c1)NC(=O)OC(C)(C)C. The summed E-state index contributed by atoms with van der Waals surface area (Å²) in [6.45, 7) is 7.69. The number of alkyl carbamates (subject to hydrolysis) is 1. The van der Waals surface area contributed by atoms with Crippen molar-refractivity contribution in [3.63, 3.8) is 0 Å². The molecule has 156 valence electrons. The number of carbonyl (C=O) groups is 2. The summed E-state index contributed by atoms with van der Waals surface area (Å²) in [6.07, 6.45) is -0.408. The Morgan fingerprint density at radius 2 is 1.72 bits per heavy atom. The van der Waals surface area contributed by atoms with Gasteiger partial charge < -0.3 is 19.5 Å². The van der Waals surface area contributed by atoms with Crippen LogP contribution in [0.4, 0.5) is 4.79 Å². The van der Waals surface area contributed by atoms with Gasteiger partial charge in [-0.25, -0.2) is 9.59 Å². The zero-order valence-corrected chi connectivity index (χ0v) is 17.7. The second kappa shape index (κ2) is 9.96. The Balaban J connectivity index is 2.10. The van der Waals surface area contributed by atoms with Crippen LogP contribution in [0.2, 0.25) is 0 Å². The van der Waals surface area contributed by atoms with Crippen molar-refractivity contribution in [2.45, 2.75) is 52.4 Å². The molecule has 0 aromatic heterocycles. The van der Waals surface area contributed by atoms with Crippen LogP contribution in [-0.2, 0) is 27.3 Å². The van der Waals surface area contributed by atoms with Gasteiger partial charge in [0, 0.05) is 6.42 Å². The van der Waals surface area contributed by atoms with Crippen LogP contribution in [0.15, 0.2) is 48.5 Å². The van der Waals surface area contributed by atoms with Crippen molar-refractivity contribution >= 4 is 12.1 Å². The van der Waals surface area contributed by atoms with E-state index in [0.717, 1.165) is 22.4 Å². The van der Waals surface area contributed by atoms with Gasteiger partial charge in [-0.3, -0.25) is 0 Å². The van der Waals surface area contributed by atoms with Crippen LogP contribution in [-0.4, -0.2) is 30.8 Å². The zero-order chi connectivity index (χ0) is 21.4. The maximum absolute atomic E-state index is 12.2. The predicted molar refractivity (Wildman–Crippen MR) is 111 cm³/mol. The number of amides is 1. The molecule has 0 bridgehead atoms. The summed E-state index contributed by atoms with van der Waals surface area (Å²) in [5.41, 5.74) is 2.23. The number of rotatable bonds is 7. The molecule has 0 heterocycles. The molecule has 0 aliphatic heterocycles. The van der Waals surface area contributed by atoms with Crippen molar-refractivity contribution in [2.24, 2.45) is 0 Å². The lowest BCUT2D eigenvalue weighted by molar-refractivity contribution is -0.143. The molecule has 1 N–H and O–H groups in total. The molecule has 0 spiro atoms. The summed E-state index contributed by atoms with van der Waals surface area (Å²) in [6, 6.07) is 14.7. The van der Waals surface area contributed by atoms with Crippen molar-refractivity contribution in [3.05, 3.63) is 65.2 Å². The fourth-order valence-corrected chi connectivity index (χ4v) is 2.68. The van der Waals surface area contributed by atoms with Crippen molar-refractivity contribution in [1.29, 1.82) is 0 Å². The Kier molecular flexibility index (Phi) is 7.65. The first-order valence-electron chi connectivity index (χ1n) is 9.51. The third-order valence-corrected chi connectivity index (χ3v) is 4.11. The van der Waals surface area contributed by atoms with E-state index >= 15 is 0 Å². The summed E-state index contributed by atoms with van der Waals surface area (Å²) in [7, 11) is 1.29. The van der Waals surface area contributed by atoms with E-state index in [1.54, 1.807) is 20.8 Å². The number of hydrogen-bond donors (Lipinski definition) is 1. The topological polar surface area (TPSA) is 73.9 Å². The summed E-state index contributed by atoms with van der Waals surface area (Å²) in [4.78, 5) is 24.3. The molecule has 29 heavy (non-hydrogen) atoms. The second-order valence-electron chi connectivity index (χ2n) is 7.80. The first kappa shape index (κ1) is 22.3. The fourth-order valence-electron chi connectivity index (χ4n) is 2.68. The Labute approximate surface area is 172 Å². The molecular formula is C23H29NO5. The summed E-state index contributed by atoms with van der Waals surface area (Å²) < 4.78 is 16.0. The van der Waals surface area contributed by atoms with Crippen LogP contribution in [0.1, 0.15) is 37.5 Å². The number of ether oxygens (including phenoxy) is 3. The highest BCUT2D eigenvalue weighted by molar-refractivity contribution is 5.81. The van der Waals surface area contributed by atoms with Crippen LogP contribution in [0.3, 0.4) is 0 Å². The van der Waals surface area contributed by atoms with Crippen molar-refractivity contribution in [1.82, 2.24) is 5.32 Å². The molecule has 2 aromatic rings. The number of aryl methyl sites for hydroxylation is 1. The highest BCUT2D eigenvalue weighted by atomic mass is 16.6. The second-order valence-corrected chi connectivity index (χ2v) is 7.80. The molecule has 0 saturated carbocycles. The Morgan fingerprint density at radius 1 is 1.03 bits per heavy atom. The van der Waals surface area contributed by atoms with Gasteiger partial charge in [-0.1, -0.05) is 42.5 Å². The van der Waals surface area contributed by atoms with Crippen molar-refractivity contribution < 1.29 is 23.8 Å². The largest absolute Gasteiger partial charge is 0.489 e. The van der Waals surface area contributed by atoms with E-state index in [1.807, 2.05) is 55.5 Å². The van der Waals surface area contributed by atoms with Gasteiger partial charge in [-0.2, -0.15) is 0 Å². The van der Waals surface area contributed by atoms with Crippen LogP contribution in [0, 0.1) is 6.92 Å². The zero-order valence-electron chi connectivity index (χ0n) is 17.7. The molecule has 0 radical (unpaired) electrons. The highest BCUT2D eigenvalue weighted by Crippen LogP contribution is 2.22. The number of carbonyl (C=O) groups excluding carboxylic acids is 2. The lowest BCUT2D eigenvalue weighted by Gasteiger charge is -2.23. The normalized spacial score (nSPS) is 12.0. The fraction of sp³-hybridized carbons (Fsp3) is 0.391. The third-order valence-electron chi connectivity index (χ3n) is 4.11. The quantitative estimate of drug-likeness (QED) is 0.707. The molecule has 0 saturated heterocycles. The average molecular weight is 399 g/mol. The van der Waals surface area contributed by atoms with E-state index in [1.165, 1.54) is 7.11 Å². The molecule has 2 aromatic carbocycles. The van der Waals surface area contributed by atoms with E-state index < -0.39 is 23.7 Å². The molecule has 0 aliphatic rings. The Hall–Kier alpha value is -3.02. The first-order valence-corrected chi connectivity index (χ1v) is 9.51. The molecular weight excluding hydrogens is 370 g/mol. The average Bonchev–Trinajstić information content (AvgIpc) is 2.66. The molecule has 6 heteroatoms. The monoisotopic (exact) mass is 399 g/mol. The molecule has 2 rings (SSSR count). The smallest absolute Gasteiger partial charge is 0.408 e. The van der Waals surface area contributed by atoms with Crippen LogP contribution in [0.25, 0.3) is 0 Å². The molecule has 1 amide bonds. The van der Waals surface area contributed by atoms with Crippen LogP contribution < -0.4 is 10.1 Å². The predicted octanol–water partition coefficient (Wildman–Crippen LogP) is 4.18. The summed E-state index contributed by atoms with van der Waals surface area (Å²) in [5.74, 6) is 0.190. The van der Waals surface area contributed by atoms with Crippen LogP contribution in [0.5, 0.6) is 5.75 Å². The van der Waals surface area contributed by atoms with E-state index in [9.17, 15) is 9.59 Å².